The van der Waals surface area contributed by atoms with Crippen LogP contribution in [-0.2, 0) is 19.5 Å². The molecule has 0 fully saturated rings. The maximum Gasteiger partial charge on any atom is 0.152 e. The average Bonchev–Trinajstić information content (AvgIpc) is 3.31. The van der Waals surface area contributed by atoms with E-state index < -0.39 is 0 Å². The van der Waals surface area contributed by atoms with Crippen LogP contribution in [0, 0.1) is 6.92 Å². The Hall–Kier alpha value is -2.41. The van der Waals surface area contributed by atoms with E-state index in [1.165, 1.54) is 0 Å². The van der Waals surface area contributed by atoms with Crippen LogP contribution in [0.15, 0.2) is 22.7 Å². The number of aromatic nitrogens is 5. The molecule has 4 heterocycles. The highest BCUT2D eigenvalue weighted by molar-refractivity contribution is 5.56. The Bertz CT molecular complexity index is 859. The van der Waals surface area contributed by atoms with Crippen molar-refractivity contribution < 1.29 is 4.42 Å². The number of nitrogens with zero attached hydrogens (tertiary/aromatic N) is 4. The molecule has 0 bridgehead atoms. The van der Waals surface area contributed by atoms with Crippen LogP contribution in [0.5, 0.6) is 0 Å². The second kappa shape index (κ2) is 6.48. The lowest BCUT2D eigenvalue weighted by molar-refractivity contribution is 0.370. The molecule has 1 aliphatic heterocycles. The second-order valence-corrected chi connectivity index (χ2v) is 7.04. The Balaban J connectivity index is 1.45. The molecule has 0 spiro atoms. The lowest BCUT2D eigenvalue weighted by Crippen LogP contribution is -2.37. The third-order valence-corrected chi connectivity index (χ3v) is 4.78. The summed E-state index contributed by atoms with van der Waals surface area (Å²) in [7, 11) is 0. The van der Waals surface area contributed by atoms with Gasteiger partial charge >= 0.3 is 0 Å². The minimum Gasteiger partial charge on any atom is -0.460 e. The molecule has 4 rings (SSSR count). The molecule has 25 heavy (non-hydrogen) atoms. The van der Waals surface area contributed by atoms with Crippen LogP contribution < -0.4 is 5.32 Å². The molecule has 3 aromatic rings. The monoisotopic (exact) mass is 340 g/mol. The van der Waals surface area contributed by atoms with E-state index in [9.17, 15) is 0 Å². The van der Waals surface area contributed by atoms with Gasteiger partial charge in [0, 0.05) is 37.0 Å². The summed E-state index contributed by atoms with van der Waals surface area (Å²) in [5.41, 5.74) is 2.07. The zero-order chi connectivity index (χ0) is 17.4. The number of aromatic amines is 1. The Morgan fingerprint density at radius 3 is 3.00 bits per heavy atom. The lowest BCUT2D eigenvalue weighted by atomic mass is 10.1. The molecule has 1 atom stereocenters. The Morgan fingerprint density at radius 2 is 2.24 bits per heavy atom. The van der Waals surface area contributed by atoms with Crippen LogP contribution in [0.25, 0.3) is 11.5 Å². The molecule has 3 aromatic heterocycles. The molecule has 0 radical (unpaired) electrons. The fourth-order valence-electron chi connectivity index (χ4n) is 3.42. The van der Waals surface area contributed by atoms with E-state index >= 15 is 0 Å². The smallest absolute Gasteiger partial charge is 0.152 e. The molecular weight excluding hydrogens is 316 g/mol. The highest BCUT2D eigenvalue weighted by Crippen LogP contribution is 2.24. The van der Waals surface area contributed by atoms with Gasteiger partial charge in [-0.05, 0) is 25.5 Å². The van der Waals surface area contributed by atoms with Crippen LogP contribution in [0.4, 0.5) is 0 Å². The molecule has 7 nitrogen and oxygen atoms in total. The second-order valence-electron chi connectivity index (χ2n) is 7.04. The van der Waals surface area contributed by atoms with E-state index in [0.29, 0.717) is 12.0 Å². The third-order valence-electron chi connectivity index (χ3n) is 4.78. The number of aryl methyl sites for hydroxylation is 2. The highest BCUT2D eigenvalue weighted by atomic mass is 16.3. The molecule has 1 aliphatic rings. The molecule has 0 aliphatic carbocycles. The Kier molecular flexibility index (Phi) is 4.17. The van der Waals surface area contributed by atoms with E-state index in [0.717, 1.165) is 60.4 Å². The summed E-state index contributed by atoms with van der Waals surface area (Å²) in [4.78, 5) is 0. The Labute approximate surface area is 146 Å². The summed E-state index contributed by atoms with van der Waals surface area (Å²) in [6.07, 6.45) is 3.91. The molecule has 0 saturated heterocycles. The zero-order valence-corrected chi connectivity index (χ0v) is 14.9. The quantitative estimate of drug-likeness (QED) is 0.746. The largest absolute Gasteiger partial charge is 0.460 e. The van der Waals surface area contributed by atoms with Gasteiger partial charge in [0.05, 0.1) is 6.20 Å². The molecule has 7 heteroatoms. The van der Waals surface area contributed by atoms with E-state index in [1.54, 1.807) is 0 Å². The molecule has 2 N–H and O–H groups in total. The third kappa shape index (κ3) is 3.11. The summed E-state index contributed by atoms with van der Waals surface area (Å²) in [6.45, 7) is 7.95. The number of hydrogen-bond acceptors (Lipinski definition) is 5. The van der Waals surface area contributed by atoms with Crippen LogP contribution in [0.2, 0.25) is 0 Å². The number of fused-ring (bicyclic) bond motifs is 1. The predicted octanol–water partition coefficient (Wildman–Crippen LogP) is 2.80. The van der Waals surface area contributed by atoms with E-state index in [4.69, 9.17) is 4.42 Å². The maximum atomic E-state index is 5.72. The van der Waals surface area contributed by atoms with Gasteiger partial charge in [-0.2, -0.15) is 5.10 Å². The van der Waals surface area contributed by atoms with Crippen molar-refractivity contribution in [3.63, 3.8) is 0 Å². The SMILES string of the molecule is Cc1ccc(-c2[nH]ncc2CN[C@@H]2CCc3nnc(C(C)C)n3C2)o1. The fraction of sp³-hybridized carbons (Fsp3) is 0.500. The molecule has 132 valence electrons. The lowest BCUT2D eigenvalue weighted by Gasteiger charge is -2.26. The van der Waals surface area contributed by atoms with Gasteiger partial charge in [-0.25, -0.2) is 0 Å². The van der Waals surface area contributed by atoms with E-state index in [2.05, 4.69) is 44.1 Å². The molecule has 0 aromatic carbocycles. The van der Waals surface area contributed by atoms with E-state index in [1.807, 2.05) is 25.3 Å². The minimum absolute atomic E-state index is 0.391. The van der Waals surface area contributed by atoms with E-state index in [-0.39, 0.29) is 0 Å². The molecular formula is C18H24N6O. The number of rotatable bonds is 5. The first kappa shape index (κ1) is 16.1. The van der Waals surface area contributed by atoms with Gasteiger partial charge in [0.2, 0.25) is 0 Å². The number of nitrogens with one attached hydrogen (secondary N) is 2. The normalized spacial score (nSPS) is 17.2. The first-order valence-corrected chi connectivity index (χ1v) is 8.86. The topological polar surface area (TPSA) is 84.6 Å². The van der Waals surface area contributed by atoms with Crippen molar-refractivity contribution in [2.75, 3.05) is 0 Å². The summed E-state index contributed by atoms with van der Waals surface area (Å²) in [6, 6.07) is 4.35. The van der Waals surface area contributed by atoms with Gasteiger partial charge in [-0.1, -0.05) is 13.8 Å². The van der Waals surface area contributed by atoms with Crippen LogP contribution in [-0.4, -0.2) is 31.0 Å². The van der Waals surface area contributed by atoms with Crippen molar-refractivity contribution in [2.45, 2.75) is 58.7 Å². The van der Waals surface area contributed by atoms with Crippen molar-refractivity contribution >= 4 is 0 Å². The van der Waals surface area contributed by atoms with Crippen LogP contribution in [0.1, 0.15) is 49.2 Å². The summed E-state index contributed by atoms with van der Waals surface area (Å²) >= 11 is 0. The van der Waals surface area contributed by atoms with Gasteiger partial charge in [0.1, 0.15) is 23.1 Å². The first-order chi connectivity index (χ1) is 12.1. The fourth-order valence-corrected chi connectivity index (χ4v) is 3.42. The maximum absolute atomic E-state index is 5.72. The minimum atomic E-state index is 0.391. The Morgan fingerprint density at radius 1 is 1.36 bits per heavy atom. The molecule has 0 saturated carbocycles. The predicted molar refractivity (Wildman–Crippen MR) is 94.1 cm³/mol. The van der Waals surface area contributed by atoms with Gasteiger partial charge < -0.3 is 14.3 Å². The first-order valence-electron chi connectivity index (χ1n) is 8.86. The van der Waals surface area contributed by atoms with Crippen molar-refractivity contribution in [1.29, 1.82) is 0 Å². The standard InChI is InChI=1S/C18H24N6O/c1-11(2)18-23-21-16-7-5-14(10-24(16)18)19-8-13-9-20-22-17(13)15-6-4-12(3)25-15/h4,6,9,11,14,19H,5,7-8,10H2,1-3H3,(H,20,22)/t14-/m1/s1. The van der Waals surface area contributed by atoms with Gasteiger partial charge in [-0.15, -0.1) is 10.2 Å². The number of H-pyrrole nitrogens is 1. The average molecular weight is 340 g/mol. The van der Waals surface area contributed by atoms with Gasteiger partial charge in [0.25, 0.3) is 0 Å². The summed E-state index contributed by atoms with van der Waals surface area (Å²) in [5.74, 6) is 4.31. The summed E-state index contributed by atoms with van der Waals surface area (Å²) < 4.78 is 7.99. The van der Waals surface area contributed by atoms with Gasteiger partial charge in [0.15, 0.2) is 5.76 Å². The highest BCUT2D eigenvalue weighted by Gasteiger charge is 2.24. The van der Waals surface area contributed by atoms with Crippen molar-refractivity contribution in [3.05, 3.63) is 41.3 Å². The van der Waals surface area contributed by atoms with Crippen LogP contribution in [0.3, 0.4) is 0 Å². The van der Waals surface area contributed by atoms with Gasteiger partial charge in [-0.3, -0.25) is 5.10 Å². The van der Waals surface area contributed by atoms with Crippen LogP contribution >= 0.6 is 0 Å². The van der Waals surface area contributed by atoms with Crippen molar-refractivity contribution in [3.8, 4) is 11.5 Å². The summed E-state index contributed by atoms with van der Waals surface area (Å²) in [5, 5.41) is 19.6. The number of furan rings is 1. The number of hydrogen-bond donors (Lipinski definition) is 2. The van der Waals surface area contributed by atoms with Crippen molar-refractivity contribution in [1.82, 2.24) is 30.3 Å². The molecule has 0 amide bonds. The zero-order valence-electron chi connectivity index (χ0n) is 14.9. The van der Waals surface area contributed by atoms with Crippen molar-refractivity contribution in [2.24, 2.45) is 0 Å². The molecule has 0 unspecified atom stereocenters.